The molecule has 2 heterocycles. The number of para-hydroxylation sites is 1. The molecule has 142 valence electrons. The van der Waals surface area contributed by atoms with Crippen molar-refractivity contribution >= 4 is 5.78 Å². The highest BCUT2D eigenvalue weighted by molar-refractivity contribution is 6.00. The van der Waals surface area contributed by atoms with E-state index >= 15 is 0 Å². The molecule has 1 unspecified atom stereocenters. The third-order valence-corrected chi connectivity index (χ3v) is 5.85. The van der Waals surface area contributed by atoms with Crippen LogP contribution in [-0.4, -0.2) is 35.9 Å². The fourth-order valence-corrected chi connectivity index (χ4v) is 4.34. The van der Waals surface area contributed by atoms with Gasteiger partial charge in [-0.25, -0.2) is 0 Å². The van der Waals surface area contributed by atoms with Crippen molar-refractivity contribution in [1.82, 2.24) is 4.90 Å². The first-order valence-electron chi connectivity index (χ1n) is 9.99. The fraction of sp³-hybridized carbons (Fsp3) is 0.435. The Kier molecular flexibility index (Phi) is 5.28. The van der Waals surface area contributed by atoms with Crippen LogP contribution < -0.4 is 10.5 Å². The molecule has 0 saturated carbocycles. The van der Waals surface area contributed by atoms with Crippen LogP contribution in [0.1, 0.15) is 47.2 Å². The van der Waals surface area contributed by atoms with E-state index in [1.165, 1.54) is 11.1 Å². The van der Waals surface area contributed by atoms with Crippen LogP contribution >= 0.6 is 0 Å². The highest BCUT2D eigenvalue weighted by Crippen LogP contribution is 2.39. The van der Waals surface area contributed by atoms with E-state index in [1.54, 1.807) is 0 Å². The van der Waals surface area contributed by atoms with E-state index in [-0.39, 0.29) is 11.4 Å². The van der Waals surface area contributed by atoms with Crippen molar-refractivity contribution in [2.75, 3.05) is 19.6 Å². The number of hydrogen-bond donors (Lipinski definition) is 1. The van der Waals surface area contributed by atoms with Gasteiger partial charge in [0, 0.05) is 19.5 Å². The molecule has 1 spiro atoms. The molecule has 4 nitrogen and oxygen atoms in total. The maximum Gasteiger partial charge on any atom is 0.170 e. The second-order valence-electron chi connectivity index (χ2n) is 7.87. The lowest BCUT2D eigenvalue weighted by molar-refractivity contribution is 0.0299. The normalized spacial score (nSPS) is 22.9. The summed E-state index contributed by atoms with van der Waals surface area (Å²) >= 11 is 0. The second kappa shape index (κ2) is 7.83. The smallest absolute Gasteiger partial charge is 0.170 e. The van der Waals surface area contributed by atoms with Gasteiger partial charge in [-0.2, -0.15) is 0 Å². The van der Waals surface area contributed by atoms with Gasteiger partial charge in [-0.05, 0) is 55.6 Å². The summed E-state index contributed by atoms with van der Waals surface area (Å²) in [6, 6.07) is 16.4. The fourth-order valence-electron chi connectivity index (χ4n) is 4.34. The molecule has 0 radical (unpaired) electrons. The lowest BCUT2D eigenvalue weighted by Crippen LogP contribution is -2.42. The van der Waals surface area contributed by atoms with Gasteiger partial charge in [0.1, 0.15) is 11.4 Å². The SMILES string of the molecule is NCCc1ccc(CN2CCCC3(CC2)CC(=O)c2ccccc2O3)cc1. The van der Waals surface area contributed by atoms with E-state index in [0.717, 1.165) is 56.6 Å². The Bertz CT molecular complexity index is 802. The topological polar surface area (TPSA) is 55.6 Å². The molecule has 2 aliphatic rings. The molecule has 0 amide bonds. The Hall–Kier alpha value is -2.17. The summed E-state index contributed by atoms with van der Waals surface area (Å²) in [6.45, 7) is 3.64. The average molecular weight is 364 g/mol. The molecule has 1 saturated heterocycles. The summed E-state index contributed by atoms with van der Waals surface area (Å²) in [7, 11) is 0. The van der Waals surface area contributed by atoms with E-state index in [2.05, 4.69) is 29.2 Å². The molecule has 2 N–H and O–H groups in total. The van der Waals surface area contributed by atoms with Crippen molar-refractivity contribution in [3.63, 3.8) is 0 Å². The number of likely N-dealkylation sites (tertiary alicyclic amines) is 1. The lowest BCUT2D eigenvalue weighted by Gasteiger charge is -2.37. The van der Waals surface area contributed by atoms with Crippen LogP contribution in [-0.2, 0) is 13.0 Å². The number of ether oxygens (including phenoxy) is 1. The lowest BCUT2D eigenvalue weighted by atomic mass is 9.84. The first-order valence-corrected chi connectivity index (χ1v) is 9.99. The largest absolute Gasteiger partial charge is 0.486 e. The van der Waals surface area contributed by atoms with Gasteiger partial charge in [-0.15, -0.1) is 0 Å². The zero-order valence-electron chi connectivity index (χ0n) is 15.8. The number of hydrogen-bond acceptors (Lipinski definition) is 4. The van der Waals surface area contributed by atoms with Crippen LogP contribution in [0.5, 0.6) is 5.75 Å². The first kappa shape index (κ1) is 18.2. The Labute approximate surface area is 161 Å². The van der Waals surface area contributed by atoms with Crippen molar-refractivity contribution in [2.45, 2.75) is 44.2 Å². The number of nitrogens with zero attached hydrogens (tertiary/aromatic N) is 1. The molecule has 4 rings (SSSR count). The van der Waals surface area contributed by atoms with E-state index in [0.29, 0.717) is 13.0 Å². The minimum Gasteiger partial charge on any atom is -0.486 e. The van der Waals surface area contributed by atoms with Gasteiger partial charge in [0.25, 0.3) is 0 Å². The summed E-state index contributed by atoms with van der Waals surface area (Å²) in [5.41, 5.74) is 8.66. The number of carbonyl (C=O) groups is 1. The summed E-state index contributed by atoms with van der Waals surface area (Å²) in [5.74, 6) is 0.985. The van der Waals surface area contributed by atoms with Gasteiger partial charge in [0.15, 0.2) is 5.78 Å². The second-order valence-corrected chi connectivity index (χ2v) is 7.87. The van der Waals surface area contributed by atoms with E-state index in [4.69, 9.17) is 10.5 Å². The van der Waals surface area contributed by atoms with Crippen molar-refractivity contribution in [3.05, 3.63) is 65.2 Å². The number of carbonyl (C=O) groups excluding carboxylic acids is 1. The monoisotopic (exact) mass is 364 g/mol. The summed E-state index contributed by atoms with van der Waals surface area (Å²) in [6.07, 6.45) is 4.34. The van der Waals surface area contributed by atoms with E-state index in [9.17, 15) is 4.79 Å². The van der Waals surface area contributed by atoms with Crippen molar-refractivity contribution < 1.29 is 9.53 Å². The van der Waals surface area contributed by atoms with Gasteiger partial charge in [-0.3, -0.25) is 9.69 Å². The van der Waals surface area contributed by atoms with Crippen molar-refractivity contribution in [1.29, 1.82) is 0 Å². The van der Waals surface area contributed by atoms with Gasteiger partial charge in [0.05, 0.1) is 12.0 Å². The number of benzene rings is 2. The van der Waals surface area contributed by atoms with Crippen LogP contribution in [0, 0.1) is 0 Å². The van der Waals surface area contributed by atoms with Crippen LogP contribution in [0.2, 0.25) is 0 Å². The predicted molar refractivity (Wildman–Crippen MR) is 107 cm³/mol. The van der Waals surface area contributed by atoms with Crippen LogP contribution in [0.4, 0.5) is 0 Å². The Morgan fingerprint density at radius 2 is 1.78 bits per heavy atom. The molecule has 4 heteroatoms. The summed E-state index contributed by atoms with van der Waals surface area (Å²) < 4.78 is 6.39. The third kappa shape index (κ3) is 4.07. The summed E-state index contributed by atoms with van der Waals surface area (Å²) in [4.78, 5) is 15.1. The molecular weight excluding hydrogens is 336 g/mol. The van der Waals surface area contributed by atoms with E-state index < -0.39 is 0 Å². The Morgan fingerprint density at radius 3 is 2.59 bits per heavy atom. The first-order chi connectivity index (χ1) is 13.2. The Balaban J connectivity index is 1.41. The average Bonchev–Trinajstić information content (AvgIpc) is 2.86. The number of fused-ring (bicyclic) bond motifs is 1. The number of rotatable bonds is 4. The van der Waals surface area contributed by atoms with Crippen LogP contribution in [0.3, 0.4) is 0 Å². The molecule has 0 bridgehead atoms. The zero-order valence-corrected chi connectivity index (χ0v) is 15.8. The predicted octanol–water partition coefficient (Wildman–Crippen LogP) is 3.58. The summed E-state index contributed by atoms with van der Waals surface area (Å²) in [5, 5.41) is 0. The molecule has 2 aliphatic heterocycles. The number of nitrogens with two attached hydrogens (primary N) is 1. The number of Topliss-reactive ketones (excluding diaryl/α,β-unsaturated/α-hetero) is 1. The quantitative estimate of drug-likeness (QED) is 0.901. The minimum absolute atomic E-state index is 0.223. The molecule has 27 heavy (non-hydrogen) atoms. The van der Waals surface area contributed by atoms with Crippen LogP contribution in [0.15, 0.2) is 48.5 Å². The van der Waals surface area contributed by atoms with Gasteiger partial charge in [0.2, 0.25) is 0 Å². The molecule has 2 aromatic carbocycles. The third-order valence-electron chi connectivity index (χ3n) is 5.85. The van der Waals surface area contributed by atoms with Gasteiger partial charge >= 0.3 is 0 Å². The molecule has 1 atom stereocenters. The molecule has 0 aromatic heterocycles. The van der Waals surface area contributed by atoms with Crippen LogP contribution in [0.25, 0.3) is 0 Å². The Morgan fingerprint density at radius 1 is 1.00 bits per heavy atom. The van der Waals surface area contributed by atoms with Crippen molar-refractivity contribution in [3.8, 4) is 5.75 Å². The maximum atomic E-state index is 12.6. The van der Waals surface area contributed by atoms with Gasteiger partial charge < -0.3 is 10.5 Å². The molecule has 2 aromatic rings. The molecule has 0 aliphatic carbocycles. The van der Waals surface area contributed by atoms with Gasteiger partial charge in [-0.1, -0.05) is 36.4 Å². The van der Waals surface area contributed by atoms with E-state index in [1.807, 2.05) is 24.3 Å². The molecular formula is C23H28N2O2. The minimum atomic E-state index is -0.328. The highest BCUT2D eigenvalue weighted by atomic mass is 16.5. The molecule has 1 fully saturated rings. The zero-order chi connectivity index (χ0) is 18.7. The van der Waals surface area contributed by atoms with Crippen molar-refractivity contribution in [2.24, 2.45) is 5.73 Å². The number of ketones is 1. The maximum absolute atomic E-state index is 12.6. The standard InChI is InChI=1S/C23H28N2O2/c24-13-10-18-6-8-19(9-7-18)17-25-14-3-11-23(12-15-25)16-21(26)20-4-1-2-5-22(20)27-23/h1-2,4-9H,3,10-17,24H2. The highest BCUT2D eigenvalue weighted by Gasteiger charge is 2.41.